The molecular weight excluding hydrogens is 330 g/mol. The second-order valence-corrected chi connectivity index (χ2v) is 6.61. The van der Waals surface area contributed by atoms with Crippen molar-refractivity contribution in [1.29, 1.82) is 0 Å². The molecule has 0 bridgehead atoms. The molecule has 26 heavy (non-hydrogen) atoms. The van der Waals surface area contributed by atoms with Crippen LogP contribution in [0, 0.1) is 0 Å². The number of carbonyl (C=O) groups excluding carboxylic acids is 1. The molecule has 0 aromatic heterocycles. The summed E-state index contributed by atoms with van der Waals surface area (Å²) in [5.41, 5.74) is 0.719. The van der Waals surface area contributed by atoms with Gasteiger partial charge in [0, 0.05) is 12.8 Å². The molecule has 2 N–H and O–H groups in total. The molecule has 1 amide bonds. The van der Waals surface area contributed by atoms with Gasteiger partial charge in [0.2, 0.25) is 5.91 Å². The van der Waals surface area contributed by atoms with Gasteiger partial charge in [0.25, 0.3) is 0 Å². The maximum absolute atomic E-state index is 12.1. The van der Waals surface area contributed by atoms with Gasteiger partial charge in [-0.1, -0.05) is 57.6 Å². The van der Waals surface area contributed by atoms with Crippen molar-refractivity contribution in [3.63, 3.8) is 0 Å². The van der Waals surface area contributed by atoms with Crippen LogP contribution in [0.2, 0.25) is 0 Å². The Balaban J connectivity index is 2.26. The first-order valence-electron chi connectivity index (χ1n) is 9.87. The standard InChI is InChI=1S/C21H33NO4/c1-2-3-4-5-8-15-20(23)22-18-13-10-11-14-19(18)26-17-12-7-6-9-16-21(24)25/h10-11,13-14H,2-9,12,15-17H2,1H3,(H,22,23)(H,24,25). The highest BCUT2D eigenvalue weighted by molar-refractivity contribution is 5.92. The molecule has 0 unspecified atom stereocenters. The van der Waals surface area contributed by atoms with Crippen LogP contribution in [0.25, 0.3) is 0 Å². The third kappa shape index (κ3) is 10.7. The van der Waals surface area contributed by atoms with Crippen molar-refractivity contribution in [2.45, 2.75) is 77.6 Å². The van der Waals surface area contributed by atoms with E-state index in [9.17, 15) is 9.59 Å². The van der Waals surface area contributed by atoms with Gasteiger partial charge in [0.1, 0.15) is 5.75 Å². The van der Waals surface area contributed by atoms with E-state index >= 15 is 0 Å². The minimum absolute atomic E-state index is 0.0335. The van der Waals surface area contributed by atoms with E-state index in [0.717, 1.165) is 37.8 Å². The molecule has 0 aliphatic heterocycles. The SMILES string of the molecule is CCCCCCCC(=O)Nc1ccccc1OCCCCCCC(=O)O. The molecule has 0 saturated carbocycles. The first-order chi connectivity index (χ1) is 12.6. The van der Waals surface area contributed by atoms with Crippen LogP contribution in [0.3, 0.4) is 0 Å². The monoisotopic (exact) mass is 363 g/mol. The number of carbonyl (C=O) groups is 2. The minimum Gasteiger partial charge on any atom is -0.491 e. The lowest BCUT2D eigenvalue weighted by Gasteiger charge is -2.12. The molecule has 1 aromatic carbocycles. The van der Waals surface area contributed by atoms with Crippen LogP contribution in [0.4, 0.5) is 5.69 Å². The van der Waals surface area contributed by atoms with Gasteiger partial charge < -0.3 is 15.2 Å². The molecule has 0 aliphatic rings. The molecule has 0 radical (unpaired) electrons. The van der Waals surface area contributed by atoms with Gasteiger partial charge in [-0.2, -0.15) is 0 Å². The van der Waals surface area contributed by atoms with Crippen molar-refractivity contribution in [3.05, 3.63) is 24.3 Å². The van der Waals surface area contributed by atoms with Gasteiger partial charge in [-0.05, 0) is 31.4 Å². The minimum atomic E-state index is -0.740. The number of nitrogens with one attached hydrogen (secondary N) is 1. The van der Waals surface area contributed by atoms with Crippen LogP contribution >= 0.6 is 0 Å². The van der Waals surface area contributed by atoms with E-state index in [0.29, 0.717) is 25.2 Å². The lowest BCUT2D eigenvalue weighted by molar-refractivity contribution is -0.137. The average Bonchev–Trinajstić information content (AvgIpc) is 2.62. The van der Waals surface area contributed by atoms with E-state index in [1.54, 1.807) is 0 Å². The fourth-order valence-electron chi connectivity index (χ4n) is 2.71. The van der Waals surface area contributed by atoms with Crippen LogP contribution in [-0.4, -0.2) is 23.6 Å². The summed E-state index contributed by atoms with van der Waals surface area (Å²) in [4.78, 5) is 22.5. The number of anilines is 1. The average molecular weight is 363 g/mol. The molecule has 0 heterocycles. The van der Waals surface area contributed by atoms with E-state index in [-0.39, 0.29) is 12.3 Å². The van der Waals surface area contributed by atoms with Gasteiger partial charge in [-0.3, -0.25) is 9.59 Å². The number of rotatable bonds is 15. The zero-order valence-electron chi connectivity index (χ0n) is 16.0. The molecule has 0 spiro atoms. The van der Waals surface area contributed by atoms with E-state index in [2.05, 4.69) is 12.2 Å². The summed E-state index contributed by atoms with van der Waals surface area (Å²) in [7, 11) is 0. The van der Waals surface area contributed by atoms with Gasteiger partial charge in [0.15, 0.2) is 0 Å². The Labute approximate surface area is 157 Å². The van der Waals surface area contributed by atoms with Crippen LogP contribution in [-0.2, 0) is 9.59 Å². The number of unbranched alkanes of at least 4 members (excludes halogenated alkanes) is 7. The summed E-state index contributed by atoms with van der Waals surface area (Å²) in [6, 6.07) is 7.50. The van der Waals surface area contributed by atoms with E-state index in [1.807, 2.05) is 24.3 Å². The Morgan fingerprint density at radius 2 is 1.58 bits per heavy atom. The molecule has 1 rings (SSSR count). The summed E-state index contributed by atoms with van der Waals surface area (Å²) in [6.45, 7) is 2.75. The van der Waals surface area contributed by atoms with Crippen molar-refractivity contribution in [1.82, 2.24) is 0 Å². The van der Waals surface area contributed by atoms with Gasteiger partial charge in [-0.15, -0.1) is 0 Å². The summed E-state index contributed by atoms with van der Waals surface area (Å²) in [5.74, 6) is -0.0140. The van der Waals surface area contributed by atoms with Crippen LogP contribution in [0.1, 0.15) is 77.6 Å². The number of carboxylic acid groups (broad SMARTS) is 1. The van der Waals surface area contributed by atoms with Gasteiger partial charge >= 0.3 is 5.97 Å². The van der Waals surface area contributed by atoms with Gasteiger partial charge in [0.05, 0.1) is 12.3 Å². The number of hydrogen-bond donors (Lipinski definition) is 2. The van der Waals surface area contributed by atoms with Crippen molar-refractivity contribution >= 4 is 17.6 Å². The number of hydrogen-bond acceptors (Lipinski definition) is 3. The molecule has 0 fully saturated rings. The number of amides is 1. The first kappa shape index (κ1) is 22.0. The number of aliphatic carboxylic acids is 1. The normalized spacial score (nSPS) is 10.5. The van der Waals surface area contributed by atoms with Crippen LogP contribution < -0.4 is 10.1 Å². The largest absolute Gasteiger partial charge is 0.491 e. The first-order valence-corrected chi connectivity index (χ1v) is 9.87. The fraction of sp³-hybridized carbons (Fsp3) is 0.619. The summed E-state index contributed by atoms with van der Waals surface area (Å²) < 4.78 is 5.79. The van der Waals surface area contributed by atoms with E-state index in [4.69, 9.17) is 9.84 Å². The zero-order chi connectivity index (χ0) is 19.0. The van der Waals surface area contributed by atoms with Crippen molar-refractivity contribution in [2.24, 2.45) is 0 Å². The smallest absolute Gasteiger partial charge is 0.303 e. The third-order valence-corrected chi connectivity index (χ3v) is 4.21. The summed E-state index contributed by atoms with van der Waals surface area (Å²) in [6.07, 6.45) is 9.84. The Bertz CT molecular complexity index is 530. The topological polar surface area (TPSA) is 75.6 Å². The third-order valence-electron chi connectivity index (χ3n) is 4.21. The highest BCUT2D eigenvalue weighted by Crippen LogP contribution is 2.24. The quantitative estimate of drug-likeness (QED) is 0.409. The van der Waals surface area contributed by atoms with Crippen LogP contribution in [0.15, 0.2) is 24.3 Å². The Hall–Kier alpha value is -2.04. The van der Waals surface area contributed by atoms with Crippen molar-refractivity contribution in [2.75, 3.05) is 11.9 Å². The predicted octanol–water partition coefficient (Wildman–Crippen LogP) is 5.40. The highest BCUT2D eigenvalue weighted by atomic mass is 16.5. The maximum atomic E-state index is 12.1. The molecule has 0 saturated heterocycles. The van der Waals surface area contributed by atoms with E-state index in [1.165, 1.54) is 19.3 Å². The van der Waals surface area contributed by atoms with E-state index < -0.39 is 5.97 Å². The molecular formula is C21H33NO4. The maximum Gasteiger partial charge on any atom is 0.303 e. The second kappa shape index (κ2) is 14.2. The molecule has 1 aromatic rings. The summed E-state index contributed by atoms with van der Waals surface area (Å²) in [5, 5.41) is 11.5. The molecule has 5 heteroatoms. The number of ether oxygens (including phenoxy) is 1. The zero-order valence-corrected chi connectivity index (χ0v) is 16.0. The van der Waals surface area contributed by atoms with Crippen molar-refractivity contribution in [3.8, 4) is 5.75 Å². The number of para-hydroxylation sites is 2. The lowest BCUT2D eigenvalue weighted by atomic mass is 10.1. The second-order valence-electron chi connectivity index (χ2n) is 6.61. The molecule has 146 valence electrons. The molecule has 5 nitrogen and oxygen atoms in total. The molecule has 0 aliphatic carbocycles. The number of carboxylic acids is 1. The molecule has 0 atom stereocenters. The fourth-order valence-corrected chi connectivity index (χ4v) is 2.71. The van der Waals surface area contributed by atoms with Crippen molar-refractivity contribution < 1.29 is 19.4 Å². The van der Waals surface area contributed by atoms with Gasteiger partial charge in [-0.25, -0.2) is 0 Å². The Morgan fingerprint density at radius 3 is 2.31 bits per heavy atom. The summed E-state index contributed by atoms with van der Waals surface area (Å²) >= 11 is 0. The van der Waals surface area contributed by atoms with Crippen LogP contribution in [0.5, 0.6) is 5.75 Å². The predicted molar refractivity (Wildman–Crippen MR) is 105 cm³/mol. The Kier molecular flexibility index (Phi) is 12.0. The highest BCUT2D eigenvalue weighted by Gasteiger charge is 2.07. The Morgan fingerprint density at radius 1 is 0.923 bits per heavy atom. The number of benzene rings is 1. The lowest BCUT2D eigenvalue weighted by Crippen LogP contribution is -2.12.